The summed E-state index contributed by atoms with van der Waals surface area (Å²) in [6, 6.07) is 3.82. The Hall–Kier alpha value is -3.92. The molecule has 3 aromatic heterocycles. The van der Waals surface area contributed by atoms with Gasteiger partial charge in [0.25, 0.3) is 0 Å². The Morgan fingerprint density at radius 1 is 1.32 bits per heavy atom. The lowest BCUT2D eigenvalue weighted by molar-refractivity contribution is 0.189. The number of halogens is 1. The summed E-state index contributed by atoms with van der Waals surface area (Å²) < 4.78 is 14.8. The molecule has 2 atom stereocenters. The number of amides is 1. The highest BCUT2D eigenvalue weighted by Gasteiger charge is 2.22. The smallest absolute Gasteiger partial charge is 0.404 e. The van der Waals surface area contributed by atoms with Crippen molar-refractivity contribution in [1.29, 1.82) is 5.26 Å². The maximum Gasteiger partial charge on any atom is 0.404 e. The van der Waals surface area contributed by atoms with Gasteiger partial charge in [0.15, 0.2) is 17.5 Å². The molecule has 11 nitrogen and oxygen atoms in total. The van der Waals surface area contributed by atoms with Crippen LogP contribution in [0.3, 0.4) is 0 Å². The number of nitrogens with one attached hydrogen (secondary N) is 3. The predicted octanol–water partition coefficient (Wildman–Crippen LogP) is 3.31. The zero-order valence-corrected chi connectivity index (χ0v) is 19.6. The number of pyridine rings is 2. The van der Waals surface area contributed by atoms with Crippen LogP contribution in [0.4, 0.5) is 26.5 Å². The molecule has 0 unspecified atom stereocenters. The normalized spacial score (nSPS) is 12.4. The monoisotopic (exact) mass is 485 g/mol. The minimum atomic E-state index is -1.17. The number of carbonyl (C=O) groups is 1. The molecule has 0 spiro atoms. The van der Waals surface area contributed by atoms with Gasteiger partial charge in [-0.05, 0) is 44.4 Å². The van der Waals surface area contributed by atoms with Gasteiger partial charge in [0.1, 0.15) is 11.8 Å². The van der Waals surface area contributed by atoms with Gasteiger partial charge >= 0.3 is 6.09 Å². The molecule has 3 rings (SSSR count). The first-order valence-corrected chi connectivity index (χ1v) is 11.7. The molecule has 0 radical (unpaired) electrons. The molecule has 0 aliphatic heterocycles. The van der Waals surface area contributed by atoms with Crippen LogP contribution in [0, 0.1) is 24.1 Å². The van der Waals surface area contributed by atoms with E-state index >= 15 is 0 Å². The number of hydrogen-bond acceptors (Lipinski definition) is 9. The molecule has 3 heterocycles. The van der Waals surface area contributed by atoms with Crippen molar-refractivity contribution in [2.45, 2.75) is 32.4 Å². The van der Waals surface area contributed by atoms with Gasteiger partial charge in [-0.3, -0.25) is 4.98 Å². The highest BCUT2D eigenvalue weighted by molar-refractivity contribution is 7.98. The van der Waals surface area contributed by atoms with Gasteiger partial charge in [0.2, 0.25) is 0 Å². The summed E-state index contributed by atoms with van der Waals surface area (Å²) in [6.45, 7) is 3.50. The summed E-state index contributed by atoms with van der Waals surface area (Å²) in [6.07, 6.45) is 5.96. The molecule has 0 aliphatic carbocycles. The third-order valence-electron chi connectivity index (χ3n) is 4.96. The summed E-state index contributed by atoms with van der Waals surface area (Å²) in [5.41, 5.74) is 1.81. The molecule has 0 aliphatic rings. The molecular formula is C21H24FN9O2S. The predicted molar refractivity (Wildman–Crippen MR) is 127 cm³/mol. The van der Waals surface area contributed by atoms with Crippen molar-refractivity contribution in [3.8, 4) is 11.8 Å². The Labute approximate surface area is 199 Å². The van der Waals surface area contributed by atoms with Crippen molar-refractivity contribution in [2.24, 2.45) is 0 Å². The van der Waals surface area contributed by atoms with Gasteiger partial charge < -0.3 is 21.1 Å². The second-order valence-electron chi connectivity index (χ2n) is 7.37. The summed E-state index contributed by atoms with van der Waals surface area (Å²) in [4.78, 5) is 21.1. The Morgan fingerprint density at radius 3 is 2.71 bits per heavy atom. The van der Waals surface area contributed by atoms with Crippen molar-refractivity contribution in [2.75, 3.05) is 22.6 Å². The number of rotatable bonds is 10. The van der Waals surface area contributed by atoms with Gasteiger partial charge in [-0.1, -0.05) is 0 Å². The summed E-state index contributed by atoms with van der Waals surface area (Å²) >= 11 is 1.59. The van der Waals surface area contributed by atoms with Crippen LogP contribution in [0.2, 0.25) is 0 Å². The highest BCUT2D eigenvalue weighted by atomic mass is 32.2. The van der Waals surface area contributed by atoms with Crippen molar-refractivity contribution in [3.05, 3.63) is 47.8 Å². The Balaban J connectivity index is 1.91. The number of aromatic nitrogens is 5. The minimum absolute atomic E-state index is 0.000220. The Morgan fingerprint density at radius 2 is 2.06 bits per heavy atom. The lowest BCUT2D eigenvalue weighted by atomic mass is 10.1. The molecular weight excluding hydrogens is 461 g/mol. The third kappa shape index (κ3) is 6.10. The molecule has 0 fully saturated rings. The van der Waals surface area contributed by atoms with Crippen LogP contribution in [0.25, 0.3) is 5.69 Å². The molecule has 1 amide bonds. The Kier molecular flexibility index (Phi) is 8.20. The average Bonchev–Trinajstić information content (AvgIpc) is 3.33. The fraction of sp³-hybridized carbons (Fsp3) is 0.333. The fourth-order valence-electron chi connectivity index (χ4n) is 3.20. The van der Waals surface area contributed by atoms with Gasteiger partial charge in [-0.25, -0.2) is 14.2 Å². The molecule has 3 aromatic rings. The summed E-state index contributed by atoms with van der Waals surface area (Å²) in [5.74, 6) is 0.0350. The van der Waals surface area contributed by atoms with Crippen molar-refractivity contribution in [1.82, 2.24) is 30.3 Å². The second-order valence-corrected chi connectivity index (χ2v) is 8.35. The van der Waals surface area contributed by atoms with E-state index in [0.717, 1.165) is 11.8 Å². The second kappa shape index (κ2) is 11.3. The van der Waals surface area contributed by atoms with Crippen LogP contribution in [0.15, 0.2) is 30.7 Å². The van der Waals surface area contributed by atoms with Crippen molar-refractivity contribution in [3.63, 3.8) is 0 Å². The van der Waals surface area contributed by atoms with E-state index in [1.54, 1.807) is 43.3 Å². The van der Waals surface area contributed by atoms with E-state index in [9.17, 15) is 14.4 Å². The molecule has 4 N–H and O–H groups in total. The quantitative estimate of drug-likeness (QED) is 0.336. The number of hydrogen-bond donors (Lipinski definition) is 4. The van der Waals surface area contributed by atoms with Crippen LogP contribution < -0.4 is 16.0 Å². The number of anilines is 3. The first-order valence-electron chi connectivity index (χ1n) is 10.3. The lowest BCUT2D eigenvalue weighted by Gasteiger charge is -2.26. The number of nitriles is 1. The topological polar surface area (TPSA) is 154 Å². The minimum Gasteiger partial charge on any atom is -0.465 e. The fourth-order valence-corrected chi connectivity index (χ4v) is 3.69. The zero-order valence-electron chi connectivity index (χ0n) is 18.8. The maximum absolute atomic E-state index is 14.8. The van der Waals surface area contributed by atoms with Crippen LogP contribution >= 0.6 is 11.8 Å². The molecule has 178 valence electrons. The van der Waals surface area contributed by atoms with Gasteiger partial charge in [-0.2, -0.15) is 27.2 Å². The molecule has 34 heavy (non-hydrogen) atoms. The van der Waals surface area contributed by atoms with Gasteiger partial charge in [-0.15, -0.1) is 4.80 Å². The molecule has 0 bridgehead atoms. The number of thioether (sulfide) groups is 1. The zero-order chi connectivity index (χ0) is 24.7. The van der Waals surface area contributed by atoms with E-state index in [1.165, 1.54) is 4.80 Å². The van der Waals surface area contributed by atoms with Crippen LogP contribution in [0.1, 0.15) is 24.6 Å². The third-order valence-corrected chi connectivity index (χ3v) is 5.61. The lowest BCUT2D eigenvalue weighted by Crippen LogP contribution is -2.45. The molecule has 0 saturated heterocycles. The number of carboxylic acid groups (broad SMARTS) is 1. The van der Waals surface area contributed by atoms with Gasteiger partial charge in [0, 0.05) is 12.1 Å². The standard InChI is InChI=1S/C21H24FN9O2S/c1-12(27-21(32)33)17(4-7-34-3)29-20-16(22)8-14(10-23)19(30-20)28-15-9-18(13(2)24-11-15)31-25-5-6-26-31/h5-6,8-9,11-12,17,27H,4,7H2,1-3H3,(H,32,33)(H2,28,29,30)/t12-,17-/m0/s1. The first-order chi connectivity index (χ1) is 16.3. The first kappa shape index (κ1) is 24.7. The maximum atomic E-state index is 14.8. The Bertz CT molecular complexity index is 1180. The SMILES string of the molecule is CSCC[C@H](Nc1nc(Nc2cnc(C)c(-n3nccn3)c2)c(C#N)cc1F)[C@H](C)NC(=O)O. The summed E-state index contributed by atoms with van der Waals surface area (Å²) in [7, 11) is 0. The largest absolute Gasteiger partial charge is 0.465 e. The number of aryl methyl sites for hydroxylation is 1. The summed E-state index contributed by atoms with van der Waals surface area (Å²) in [5, 5.41) is 35.2. The van der Waals surface area contributed by atoms with E-state index in [2.05, 4.69) is 36.1 Å². The van der Waals surface area contributed by atoms with Crippen molar-refractivity contribution < 1.29 is 14.3 Å². The van der Waals surface area contributed by atoms with Crippen LogP contribution in [0.5, 0.6) is 0 Å². The van der Waals surface area contributed by atoms with E-state index in [-0.39, 0.29) is 17.2 Å². The van der Waals surface area contributed by atoms with E-state index in [1.807, 2.05) is 19.2 Å². The molecule has 13 heteroatoms. The average molecular weight is 486 g/mol. The van der Waals surface area contributed by atoms with E-state index in [4.69, 9.17) is 5.11 Å². The molecule has 0 aromatic carbocycles. The van der Waals surface area contributed by atoms with Gasteiger partial charge in [0.05, 0.1) is 35.5 Å². The van der Waals surface area contributed by atoms with Crippen molar-refractivity contribution >= 4 is 35.2 Å². The van der Waals surface area contributed by atoms with Crippen LogP contribution in [-0.2, 0) is 0 Å². The van der Waals surface area contributed by atoms with E-state index < -0.39 is 24.0 Å². The highest BCUT2D eigenvalue weighted by Crippen LogP contribution is 2.26. The van der Waals surface area contributed by atoms with Crippen LogP contribution in [-0.4, -0.2) is 60.3 Å². The number of nitrogens with zero attached hydrogens (tertiary/aromatic N) is 6. The van der Waals surface area contributed by atoms with E-state index in [0.29, 0.717) is 23.5 Å². The molecule has 0 saturated carbocycles.